The fourth-order valence-electron chi connectivity index (χ4n) is 3.60. The highest BCUT2D eigenvalue weighted by molar-refractivity contribution is 5.99. The molecule has 168 valence electrons. The molecule has 0 atom stereocenters. The third-order valence-electron chi connectivity index (χ3n) is 4.99. The van der Waals surface area contributed by atoms with Crippen molar-refractivity contribution in [1.82, 2.24) is 0 Å². The molecule has 30 heavy (non-hydrogen) atoms. The molecule has 0 radical (unpaired) electrons. The summed E-state index contributed by atoms with van der Waals surface area (Å²) < 4.78 is 77.4. The zero-order valence-corrected chi connectivity index (χ0v) is 15.7. The van der Waals surface area contributed by atoms with Crippen LogP contribution >= 0.6 is 0 Å². The molecule has 0 amide bonds. The van der Waals surface area contributed by atoms with Crippen molar-refractivity contribution in [3.8, 4) is 0 Å². The SMILES string of the molecule is CNc1c([N+](=O)[O-])cc(C(=O)O)c(N2CCC(C(F)(F)F)CC2)c1CCC(F)(F)F. The molecule has 0 spiro atoms. The fourth-order valence-corrected chi connectivity index (χ4v) is 3.60. The Hall–Kier alpha value is -2.73. The Morgan fingerprint density at radius 2 is 1.83 bits per heavy atom. The van der Waals surface area contributed by atoms with E-state index in [1.807, 2.05) is 0 Å². The summed E-state index contributed by atoms with van der Waals surface area (Å²) in [5.41, 5.74) is -2.11. The van der Waals surface area contributed by atoms with Crippen molar-refractivity contribution in [2.45, 2.75) is 38.0 Å². The summed E-state index contributed by atoms with van der Waals surface area (Å²) in [6.07, 6.45) is -11.9. The van der Waals surface area contributed by atoms with Crippen LogP contribution in [-0.2, 0) is 6.42 Å². The van der Waals surface area contributed by atoms with Crippen molar-refractivity contribution in [2.75, 3.05) is 30.4 Å². The Kier molecular flexibility index (Phi) is 6.72. The zero-order valence-electron chi connectivity index (χ0n) is 15.7. The second kappa shape index (κ2) is 8.56. The third-order valence-corrected chi connectivity index (χ3v) is 4.99. The second-order valence-electron chi connectivity index (χ2n) is 6.88. The van der Waals surface area contributed by atoms with E-state index in [-0.39, 0.29) is 42.9 Å². The molecular weight excluding hydrogens is 424 g/mol. The standard InChI is InChI=1S/C17H19F6N3O4/c1-24-13-10(2-5-16(18,19)20)14(11(15(27)28)8-12(13)26(29)30)25-6-3-9(4-7-25)17(21,22)23/h8-9,24H,2-7H2,1H3,(H,27,28). The Morgan fingerprint density at radius 1 is 1.27 bits per heavy atom. The number of carboxylic acids is 1. The maximum absolute atomic E-state index is 12.9. The van der Waals surface area contributed by atoms with Gasteiger partial charge in [-0.3, -0.25) is 10.1 Å². The second-order valence-corrected chi connectivity index (χ2v) is 6.88. The van der Waals surface area contributed by atoms with Gasteiger partial charge in [-0.05, 0) is 19.3 Å². The number of nitro benzene ring substituents is 1. The summed E-state index contributed by atoms with van der Waals surface area (Å²) >= 11 is 0. The lowest BCUT2D eigenvalue weighted by molar-refractivity contribution is -0.384. The first kappa shape index (κ1) is 23.5. The number of hydrogen-bond acceptors (Lipinski definition) is 5. The highest BCUT2D eigenvalue weighted by Gasteiger charge is 2.42. The van der Waals surface area contributed by atoms with Crippen LogP contribution < -0.4 is 10.2 Å². The Balaban J connectivity index is 2.61. The van der Waals surface area contributed by atoms with Crippen LogP contribution in [0.2, 0.25) is 0 Å². The summed E-state index contributed by atoms with van der Waals surface area (Å²) in [6, 6.07) is 0.719. The number of nitro groups is 1. The van der Waals surface area contributed by atoms with Gasteiger partial charge in [0.15, 0.2) is 0 Å². The minimum atomic E-state index is -4.63. The van der Waals surface area contributed by atoms with Gasteiger partial charge in [0.2, 0.25) is 0 Å². The molecule has 7 nitrogen and oxygen atoms in total. The van der Waals surface area contributed by atoms with Gasteiger partial charge in [-0.1, -0.05) is 0 Å². The van der Waals surface area contributed by atoms with E-state index in [2.05, 4.69) is 5.32 Å². The number of hydrogen-bond donors (Lipinski definition) is 2. The van der Waals surface area contributed by atoms with Gasteiger partial charge >= 0.3 is 18.3 Å². The van der Waals surface area contributed by atoms with Gasteiger partial charge in [-0.2, -0.15) is 26.3 Å². The molecule has 1 saturated heterocycles. The summed E-state index contributed by atoms with van der Waals surface area (Å²) in [7, 11) is 1.24. The molecule has 0 saturated carbocycles. The number of carboxylic acid groups (broad SMARTS) is 1. The predicted octanol–water partition coefficient (Wildman–Crippen LogP) is 4.61. The number of nitrogens with one attached hydrogen (secondary N) is 1. The van der Waals surface area contributed by atoms with Gasteiger partial charge in [-0.25, -0.2) is 4.79 Å². The van der Waals surface area contributed by atoms with Gasteiger partial charge in [0.05, 0.1) is 22.1 Å². The lowest BCUT2D eigenvalue weighted by Gasteiger charge is -2.36. The van der Waals surface area contributed by atoms with Crippen molar-refractivity contribution in [3.63, 3.8) is 0 Å². The number of piperidine rings is 1. The Morgan fingerprint density at radius 3 is 2.23 bits per heavy atom. The Labute approximate surface area is 166 Å². The highest BCUT2D eigenvalue weighted by Crippen LogP contribution is 2.43. The topological polar surface area (TPSA) is 95.7 Å². The number of anilines is 2. The maximum Gasteiger partial charge on any atom is 0.391 e. The van der Waals surface area contributed by atoms with Gasteiger partial charge in [0.25, 0.3) is 5.69 Å². The monoisotopic (exact) mass is 443 g/mol. The van der Waals surface area contributed by atoms with E-state index in [1.54, 1.807) is 0 Å². The van der Waals surface area contributed by atoms with Crippen LogP contribution in [0, 0.1) is 16.0 Å². The smallest absolute Gasteiger partial charge is 0.391 e. The summed E-state index contributed by atoms with van der Waals surface area (Å²) in [4.78, 5) is 23.4. The molecule has 0 bridgehead atoms. The third kappa shape index (κ3) is 5.25. The van der Waals surface area contributed by atoms with Gasteiger partial charge < -0.3 is 15.3 Å². The van der Waals surface area contributed by atoms with Crippen molar-refractivity contribution >= 4 is 23.0 Å². The van der Waals surface area contributed by atoms with E-state index in [9.17, 15) is 46.4 Å². The molecule has 1 aliphatic rings. The fraction of sp³-hybridized carbons (Fsp3) is 0.588. The van der Waals surface area contributed by atoms with Crippen LogP contribution in [-0.4, -0.2) is 48.5 Å². The zero-order chi connectivity index (χ0) is 22.9. The van der Waals surface area contributed by atoms with Gasteiger partial charge in [0.1, 0.15) is 5.69 Å². The molecule has 1 aliphatic heterocycles. The first-order chi connectivity index (χ1) is 13.8. The quantitative estimate of drug-likeness (QED) is 0.379. The molecule has 1 fully saturated rings. The summed E-state index contributed by atoms with van der Waals surface area (Å²) in [6.45, 7) is -0.491. The van der Waals surface area contributed by atoms with E-state index in [0.717, 1.165) is 6.07 Å². The van der Waals surface area contributed by atoms with Crippen molar-refractivity contribution in [1.29, 1.82) is 0 Å². The minimum absolute atomic E-state index is 0.220. The van der Waals surface area contributed by atoms with E-state index in [4.69, 9.17) is 0 Å². The average molecular weight is 443 g/mol. The highest BCUT2D eigenvalue weighted by atomic mass is 19.4. The van der Waals surface area contributed by atoms with Crippen LogP contribution in [0.25, 0.3) is 0 Å². The van der Waals surface area contributed by atoms with Crippen LogP contribution in [0.5, 0.6) is 0 Å². The van der Waals surface area contributed by atoms with Crippen molar-refractivity contribution in [2.24, 2.45) is 5.92 Å². The molecule has 1 aromatic rings. The lowest BCUT2D eigenvalue weighted by Crippen LogP contribution is -2.40. The van der Waals surface area contributed by atoms with Crippen molar-refractivity contribution in [3.05, 3.63) is 27.3 Å². The molecule has 1 aromatic carbocycles. The number of nitrogens with zero attached hydrogens (tertiary/aromatic N) is 2. The van der Waals surface area contributed by atoms with Crippen molar-refractivity contribution < 1.29 is 41.2 Å². The van der Waals surface area contributed by atoms with E-state index in [1.165, 1.54) is 11.9 Å². The molecule has 0 aromatic heterocycles. The molecule has 13 heteroatoms. The van der Waals surface area contributed by atoms with Crippen LogP contribution in [0.3, 0.4) is 0 Å². The number of rotatable bonds is 6. The number of alkyl halides is 6. The summed E-state index contributed by atoms with van der Waals surface area (Å²) in [5.74, 6) is -3.23. The first-order valence-corrected chi connectivity index (χ1v) is 8.90. The van der Waals surface area contributed by atoms with Crippen LogP contribution in [0.15, 0.2) is 6.07 Å². The minimum Gasteiger partial charge on any atom is -0.478 e. The lowest BCUT2D eigenvalue weighted by atomic mass is 9.92. The van der Waals surface area contributed by atoms with Crippen LogP contribution in [0.1, 0.15) is 35.2 Å². The van der Waals surface area contributed by atoms with E-state index in [0.29, 0.717) is 0 Å². The largest absolute Gasteiger partial charge is 0.478 e. The number of aromatic carboxylic acids is 1. The number of halogens is 6. The predicted molar refractivity (Wildman–Crippen MR) is 95.0 cm³/mol. The van der Waals surface area contributed by atoms with Gasteiger partial charge in [-0.15, -0.1) is 0 Å². The number of benzene rings is 1. The maximum atomic E-state index is 12.9. The molecule has 2 rings (SSSR count). The normalized spacial score (nSPS) is 15.9. The van der Waals surface area contributed by atoms with E-state index < -0.39 is 53.3 Å². The van der Waals surface area contributed by atoms with Gasteiger partial charge in [0, 0.05) is 38.2 Å². The average Bonchev–Trinajstić information content (AvgIpc) is 2.63. The number of carbonyl (C=O) groups is 1. The Bertz CT molecular complexity index is 817. The summed E-state index contributed by atoms with van der Waals surface area (Å²) in [5, 5.41) is 23.3. The first-order valence-electron chi connectivity index (χ1n) is 8.90. The molecular formula is C17H19F6N3O4. The molecule has 0 unspecified atom stereocenters. The van der Waals surface area contributed by atoms with Crippen LogP contribution in [0.4, 0.5) is 43.4 Å². The molecule has 1 heterocycles. The molecule has 0 aliphatic carbocycles. The molecule has 2 N–H and O–H groups in total. The van der Waals surface area contributed by atoms with E-state index >= 15 is 0 Å².